The fourth-order valence-electron chi connectivity index (χ4n) is 1.62. The molecule has 0 radical (unpaired) electrons. The first-order chi connectivity index (χ1) is 8.59. The second kappa shape index (κ2) is 4.91. The number of nitrogens with one attached hydrogen (secondary N) is 1. The SMILES string of the molecule is CC(NC(=O)c1cccc(F)c1N)c1ccco1. The maximum Gasteiger partial charge on any atom is 0.254 e. The third kappa shape index (κ3) is 2.34. The molecule has 94 valence electrons. The number of rotatable bonds is 3. The Balaban J connectivity index is 2.15. The number of benzene rings is 1. The number of hydrogen-bond acceptors (Lipinski definition) is 3. The summed E-state index contributed by atoms with van der Waals surface area (Å²) in [4.78, 5) is 11.9. The topological polar surface area (TPSA) is 68.3 Å². The Bertz CT molecular complexity index is 552. The summed E-state index contributed by atoms with van der Waals surface area (Å²) in [5.41, 5.74) is 5.49. The molecule has 1 aromatic heterocycles. The highest BCUT2D eigenvalue weighted by Gasteiger charge is 2.16. The van der Waals surface area contributed by atoms with Crippen LogP contribution >= 0.6 is 0 Å². The van der Waals surface area contributed by atoms with Crippen molar-refractivity contribution in [3.63, 3.8) is 0 Å². The van der Waals surface area contributed by atoms with Gasteiger partial charge in [-0.25, -0.2) is 4.39 Å². The normalized spacial score (nSPS) is 12.1. The van der Waals surface area contributed by atoms with Crippen LogP contribution in [-0.4, -0.2) is 5.91 Å². The summed E-state index contributed by atoms with van der Waals surface area (Å²) in [6.07, 6.45) is 1.52. The number of nitrogen functional groups attached to an aromatic ring is 1. The van der Waals surface area contributed by atoms with Crippen molar-refractivity contribution >= 4 is 11.6 Å². The van der Waals surface area contributed by atoms with Crippen LogP contribution in [0.5, 0.6) is 0 Å². The first kappa shape index (κ1) is 12.2. The van der Waals surface area contributed by atoms with Crippen LogP contribution in [0.2, 0.25) is 0 Å². The Labute approximate surface area is 104 Å². The van der Waals surface area contributed by atoms with Gasteiger partial charge in [-0.3, -0.25) is 4.79 Å². The van der Waals surface area contributed by atoms with Crippen LogP contribution in [0.4, 0.5) is 10.1 Å². The minimum absolute atomic E-state index is 0.119. The Kier molecular flexibility index (Phi) is 3.32. The third-order valence-electron chi connectivity index (χ3n) is 2.62. The number of anilines is 1. The maximum atomic E-state index is 13.2. The number of furan rings is 1. The molecule has 5 heteroatoms. The second-order valence-corrected chi connectivity index (χ2v) is 3.91. The van der Waals surface area contributed by atoms with Crippen LogP contribution in [-0.2, 0) is 0 Å². The number of halogens is 1. The fraction of sp³-hybridized carbons (Fsp3) is 0.154. The first-order valence-electron chi connectivity index (χ1n) is 5.48. The van der Waals surface area contributed by atoms with E-state index >= 15 is 0 Å². The van der Waals surface area contributed by atoms with Crippen LogP contribution in [0, 0.1) is 5.82 Å². The van der Waals surface area contributed by atoms with Crippen LogP contribution in [0.3, 0.4) is 0 Å². The highest BCUT2D eigenvalue weighted by atomic mass is 19.1. The molecule has 4 nitrogen and oxygen atoms in total. The fourth-order valence-corrected chi connectivity index (χ4v) is 1.62. The van der Waals surface area contributed by atoms with Crippen LogP contribution in [0.25, 0.3) is 0 Å². The van der Waals surface area contributed by atoms with Gasteiger partial charge in [0.25, 0.3) is 5.91 Å². The van der Waals surface area contributed by atoms with E-state index in [0.717, 1.165) is 0 Å². The molecule has 1 amide bonds. The number of carbonyl (C=O) groups is 1. The molecule has 2 aromatic rings. The van der Waals surface area contributed by atoms with Gasteiger partial charge in [0.2, 0.25) is 0 Å². The first-order valence-corrected chi connectivity index (χ1v) is 5.48. The minimum atomic E-state index is -0.603. The van der Waals surface area contributed by atoms with E-state index in [0.29, 0.717) is 5.76 Å². The van der Waals surface area contributed by atoms with Crippen molar-refractivity contribution in [2.75, 3.05) is 5.73 Å². The Hall–Kier alpha value is -2.30. The largest absolute Gasteiger partial charge is 0.467 e. The van der Waals surface area contributed by atoms with Gasteiger partial charge >= 0.3 is 0 Å². The molecular weight excluding hydrogens is 235 g/mol. The van der Waals surface area contributed by atoms with Gasteiger partial charge in [-0.05, 0) is 31.2 Å². The highest BCUT2D eigenvalue weighted by Crippen LogP contribution is 2.18. The summed E-state index contributed by atoms with van der Waals surface area (Å²) in [6, 6.07) is 7.30. The minimum Gasteiger partial charge on any atom is -0.467 e. The van der Waals surface area contributed by atoms with Gasteiger partial charge in [0, 0.05) is 0 Å². The molecule has 18 heavy (non-hydrogen) atoms. The predicted molar refractivity (Wildman–Crippen MR) is 65.4 cm³/mol. The number of hydrogen-bond donors (Lipinski definition) is 2. The van der Waals surface area contributed by atoms with Crippen LogP contribution < -0.4 is 11.1 Å². The zero-order valence-electron chi connectivity index (χ0n) is 9.81. The number of carbonyl (C=O) groups excluding carboxylic acids is 1. The molecule has 0 bridgehead atoms. The van der Waals surface area contributed by atoms with Gasteiger partial charge in [0.05, 0.1) is 23.6 Å². The molecule has 0 aliphatic rings. The van der Waals surface area contributed by atoms with E-state index in [1.54, 1.807) is 19.1 Å². The summed E-state index contributed by atoms with van der Waals surface area (Å²) >= 11 is 0. The van der Waals surface area contributed by atoms with Crippen molar-refractivity contribution < 1.29 is 13.6 Å². The van der Waals surface area contributed by atoms with Crippen LogP contribution in [0.1, 0.15) is 29.1 Å². The molecule has 0 saturated carbocycles. The quantitative estimate of drug-likeness (QED) is 0.820. The summed E-state index contributed by atoms with van der Waals surface area (Å²) < 4.78 is 18.4. The lowest BCUT2D eigenvalue weighted by Gasteiger charge is -2.12. The third-order valence-corrected chi connectivity index (χ3v) is 2.62. The summed E-state index contributed by atoms with van der Waals surface area (Å²) in [5, 5.41) is 2.69. The summed E-state index contributed by atoms with van der Waals surface area (Å²) in [5.74, 6) is -0.414. The number of para-hydroxylation sites is 1. The van der Waals surface area contributed by atoms with E-state index in [9.17, 15) is 9.18 Å². The zero-order valence-corrected chi connectivity index (χ0v) is 9.81. The van der Waals surface area contributed by atoms with Gasteiger partial charge in [-0.2, -0.15) is 0 Å². The Morgan fingerprint density at radius 1 is 1.39 bits per heavy atom. The summed E-state index contributed by atoms with van der Waals surface area (Å²) in [7, 11) is 0. The average molecular weight is 248 g/mol. The van der Waals surface area contributed by atoms with E-state index in [1.165, 1.54) is 24.5 Å². The van der Waals surface area contributed by atoms with Gasteiger partial charge in [0.15, 0.2) is 0 Å². The molecule has 1 heterocycles. The summed E-state index contributed by atoms with van der Waals surface area (Å²) in [6.45, 7) is 1.77. The number of nitrogens with two attached hydrogens (primary N) is 1. The Morgan fingerprint density at radius 3 is 2.83 bits per heavy atom. The zero-order chi connectivity index (χ0) is 13.1. The lowest BCUT2D eigenvalue weighted by atomic mass is 10.1. The standard InChI is InChI=1S/C13H13FN2O2/c1-8(11-6-3-7-18-11)16-13(17)9-4-2-5-10(14)12(9)15/h2-8H,15H2,1H3,(H,16,17). The lowest BCUT2D eigenvalue weighted by molar-refractivity contribution is 0.0936. The van der Waals surface area contributed by atoms with E-state index in [-0.39, 0.29) is 17.3 Å². The van der Waals surface area contributed by atoms with Gasteiger partial charge in [-0.1, -0.05) is 6.07 Å². The molecule has 0 aliphatic carbocycles. The van der Waals surface area contributed by atoms with Crippen molar-refractivity contribution in [2.45, 2.75) is 13.0 Å². The smallest absolute Gasteiger partial charge is 0.254 e. The maximum absolute atomic E-state index is 13.2. The molecule has 1 atom stereocenters. The van der Waals surface area contributed by atoms with Crippen molar-refractivity contribution in [3.8, 4) is 0 Å². The average Bonchev–Trinajstić information content (AvgIpc) is 2.86. The van der Waals surface area contributed by atoms with Crippen molar-refractivity contribution in [3.05, 3.63) is 53.7 Å². The van der Waals surface area contributed by atoms with E-state index < -0.39 is 11.7 Å². The van der Waals surface area contributed by atoms with Crippen molar-refractivity contribution in [2.24, 2.45) is 0 Å². The molecule has 0 spiro atoms. The molecule has 3 N–H and O–H groups in total. The second-order valence-electron chi connectivity index (χ2n) is 3.91. The van der Waals surface area contributed by atoms with Gasteiger partial charge < -0.3 is 15.5 Å². The van der Waals surface area contributed by atoms with E-state index in [1.807, 2.05) is 0 Å². The van der Waals surface area contributed by atoms with E-state index in [2.05, 4.69) is 5.32 Å². The van der Waals surface area contributed by atoms with Crippen molar-refractivity contribution in [1.82, 2.24) is 5.32 Å². The molecule has 0 aliphatic heterocycles. The lowest BCUT2D eigenvalue weighted by Crippen LogP contribution is -2.27. The van der Waals surface area contributed by atoms with Gasteiger partial charge in [0.1, 0.15) is 11.6 Å². The van der Waals surface area contributed by atoms with Gasteiger partial charge in [-0.15, -0.1) is 0 Å². The van der Waals surface area contributed by atoms with Crippen LogP contribution in [0.15, 0.2) is 41.0 Å². The monoisotopic (exact) mass is 248 g/mol. The molecule has 1 unspecified atom stereocenters. The molecule has 2 rings (SSSR count). The molecule has 0 fully saturated rings. The Morgan fingerprint density at radius 2 is 2.17 bits per heavy atom. The van der Waals surface area contributed by atoms with E-state index in [4.69, 9.17) is 10.2 Å². The predicted octanol–water partition coefficient (Wildman–Crippen LogP) is 2.49. The highest BCUT2D eigenvalue weighted by molar-refractivity contribution is 5.99. The molecule has 1 aromatic carbocycles. The number of amides is 1. The van der Waals surface area contributed by atoms with Crippen molar-refractivity contribution in [1.29, 1.82) is 0 Å². The molecular formula is C13H13FN2O2. The molecule has 0 saturated heterocycles.